The van der Waals surface area contributed by atoms with Gasteiger partial charge in [0.15, 0.2) is 0 Å². The van der Waals surface area contributed by atoms with Crippen LogP contribution < -0.4 is 15.8 Å². The second-order valence-electron chi connectivity index (χ2n) is 5.26. The van der Waals surface area contributed by atoms with E-state index in [2.05, 4.69) is 29.4 Å². The normalized spacial score (nSPS) is 12.1. The molecule has 1 aromatic carbocycles. The van der Waals surface area contributed by atoms with E-state index in [1.165, 1.54) is 11.1 Å². The topological polar surface area (TPSA) is 60.2 Å². The number of aryl methyl sites for hydroxylation is 1. The van der Waals surface area contributed by atoms with Crippen LogP contribution in [0.25, 0.3) is 0 Å². The van der Waals surface area contributed by atoms with Gasteiger partial charge in [0.25, 0.3) is 0 Å². The molecule has 0 spiro atoms. The van der Waals surface area contributed by atoms with Gasteiger partial charge >= 0.3 is 0 Å². The van der Waals surface area contributed by atoms with Crippen molar-refractivity contribution in [2.45, 2.75) is 32.4 Å². The summed E-state index contributed by atoms with van der Waals surface area (Å²) in [5.41, 5.74) is 8.07. The van der Waals surface area contributed by atoms with Crippen LogP contribution in [0.4, 0.5) is 5.82 Å². The molecule has 21 heavy (non-hydrogen) atoms. The largest absolute Gasteiger partial charge is 0.497 e. The first-order valence-electron chi connectivity index (χ1n) is 7.24. The Bertz CT molecular complexity index is 537. The fourth-order valence-corrected chi connectivity index (χ4v) is 2.10. The van der Waals surface area contributed by atoms with E-state index >= 15 is 0 Å². The van der Waals surface area contributed by atoms with Gasteiger partial charge in [-0.3, -0.25) is 0 Å². The first-order chi connectivity index (χ1) is 10.2. The van der Waals surface area contributed by atoms with Gasteiger partial charge in [0.05, 0.1) is 7.11 Å². The highest BCUT2D eigenvalue weighted by atomic mass is 16.5. The number of ether oxygens (including phenoxy) is 1. The van der Waals surface area contributed by atoms with Crippen molar-refractivity contribution < 1.29 is 4.74 Å². The van der Waals surface area contributed by atoms with Gasteiger partial charge in [-0.2, -0.15) is 0 Å². The van der Waals surface area contributed by atoms with E-state index in [0.29, 0.717) is 11.9 Å². The Balaban J connectivity index is 1.73. The molecule has 3 N–H and O–H groups in total. The number of methoxy groups -OCH3 is 1. The van der Waals surface area contributed by atoms with Crippen LogP contribution in [0, 0.1) is 0 Å². The van der Waals surface area contributed by atoms with Gasteiger partial charge < -0.3 is 15.8 Å². The summed E-state index contributed by atoms with van der Waals surface area (Å²) in [4.78, 5) is 4.11. The smallest absolute Gasteiger partial charge is 0.123 e. The molecule has 0 aliphatic rings. The number of rotatable bonds is 7. The Morgan fingerprint density at radius 3 is 2.48 bits per heavy atom. The van der Waals surface area contributed by atoms with Crippen LogP contribution in [0.5, 0.6) is 5.75 Å². The molecule has 1 atom stereocenters. The van der Waals surface area contributed by atoms with E-state index in [4.69, 9.17) is 10.5 Å². The lowest BCUT2D eigenvalue weighted by Crippen LogP contribution is -2.25. The number of nitrogens with one attached hydrogen (secondary N) is 1. The summed E-state index contributed by atoms with van der Waals surface area (Å²) >= 11 is 0. The molecule has 2 aromatic rings. The molecule has 0 amide bonds. The fourth-order valence-electron chi connectivity index (χ4n) is 2.10. The molecule has 1 aromatic heterocycles. The maximum Gasteiger partial charge on any atom is 0.123 e. The molecule has 1 heterocycles. The summed E-state index contributed by atoms with van der Waals surface area (Å²) in [6, 6.07) is 12.5. The zero-order valence-corrected chi connectivity index (χ0v) is 12.7. The van der Waals surface area contributed by atoms with Gasteiger partial charge in [-0.1, -0.05) is 18.2 Å². The van der Waals surface area contributed by atoms with E-state index in [1.807, 2.05) is 30.5 Å². The van der Waals surface area contributed by atoms with Crippen LogP contribution in [0.15, 0.2) is 42.6 Å². The Morgan fingerprint density at radius 1 is 1.14 bits per heavy atom. The summed E-state index contributed by atoms with van der Waals surface area (Å²) in [6.45, 7) is 3.07. The molecule has 0 fully saturated rings. The number of nitrogens with two attached hydrogens (primary N) is 1. The van der Waals surface area contributed by atoms with Gasteiger partial charge in [-0.05, 0) is 49.1 Å². The third kappa shape index (κ3) is 5.08. The quantitative estimate of drug-likeness (QED) is 0.821. The van der Waals surface area contributed by atoms with Crippen LogP contribution >= 0.6 is 0 Å². The van der Waals surface area contributed by atoms with Crippen molar-refractivity contribution in [2.75, 3.05) is 12.8 Å². The second-order valence-corrected chi connectivity index (χ2v) is 5.26. The van der Waals surface area contributed by atoms with Crippen LogP contribution in [0.2, 0.25) is 0 Å². The molecule has 4 nitrogen and oxygen atoms in total. The van der Waals surface area contributed by atoms with Crippen molar-refractivity contribution >= 4 is 5.82 Å². The monoisotopic (exact) mass is 285 g/mol. The number of hydrogen-bond acceptors (Lipinski definition) is 4. The molecular formula is C17H23N3O. The highest BCUT2D eigenvalue weighted by Crippen LogP contribution is 2.11. The third-order valence-corrected chi connectivity index (χ3v) is 3.53. The molecule has 2 rings (SSSR count). The third-order valence-electron chi connectivity index (χ3n) is 3.53. The molecule has 0 saturated heterocycles. The molecular weight excluding hydrogens is 262 g/mol. The van der Waals surface area contributed by atoms with E-state index in [0.717, 1.165) is 25.1 Å². The molecule has 0 saturated carbocycles. The number of hydrogen-bond donors (Lipinski definition) is 2. The van der Waals surface area contributed by atoms with Crippen LogP contribution in [0.3, 0.4) is 0 Å². The Morgan fingerprint density at radius 2 is 1.86 bits per heavy atom. The minimum Gasteiger partial charge on any atom is -0.497 e. The fraction of sp³-hybridized carbons (Fsp3) is 0.353. The number of anilines is 1. The second kappa shape index (κ2) is 7.64. The van der Waals surface area contributed by atoms with Crippen LogP contribution in [-0.2, 0) is 13.0 Å². The summed E-state index contributed by atoms with van der Waals surface area (Å²) in [6.07, 6.45) is 3.93. The van der Waals surface area contributed by atoms with Crippen molar-refractivity contribution in [2.24, 2.45) is 0 Å². The van der Waals surface area contributed by atoms with E-state index < -0.39 is 0 Å². The average Bonchev–Trinajstić information content (AvgIpc) is 2.53. The molecule has 4 heteroatoms. The summed E-state index contributed by atoms with van der Waals surface area (Å²) in [7, 11) is 1.68. The zero-order chi connectivity index (χ0) is 15.1. The predicted molar refractivity (Wildman–Crippen MR) is 86.3 cm³/mol. The predicted octanol–water partition coefficient (Wildman–Crippen LogP) is 2.78. The highest BCUT2D eigenvalue weighted by molar-refractivity contribution is 5.29. The van der Waals surface area contributed by atoms with Gasteiger partial charge in [-0.25, -0.2) is 4.98 Å². The molecule has 0 aliphatic heterocycles. The number of nitrogen functional groups attached to an aromatic ring is 1. The molecule has 0 aliphatic carbocycles. The van der Waals surface area contributed by atoms with Crippen molar-refractivity contribution in [1.29, 1.82) is 0 Å². The van der Waals surface area contributed by atoms with Gasteiger partial charge in [-0.15, -0.1) is 0 Å². The number of aromatic nitrogens is 1. The first-order valence-corrected chi connectivity index (χ1v) is 7.24. The number of benzene rings is 1. The SMILES string of the molecule is COc1ccc(CNC(C)CCc2ccc(N)nc2)cc1. The standard InChI is InChI=1S/C17H23N3O/c1-13(3-4-14-7-10-17(18)20-12-14)19-11-15-5-8-16(21-2)9-6-15/h5-10,12-13,19H,3-4,11H2,1-2H3,(H2,18,20). The Labute approximate surface area is 126 Å². The van der Waals surface area contributed by atoms with E-state index in [1.54, 1.807) is 7.11 Å². The first kappa shape index (κ1) is 15.3. The Kier molecular flexibility index (Phi) is 5.58. The van der Waals surface area contributed by atoms with Crippen molar-refractivity contribution in [3.8, 4) is 5.75 Å². The molecule has 0 radical (unpaired) electrons. The average molecular weight is 285 g/mol. The van der Waals surface area contributed by atoms with Crippen LogP contribution in [-0.4, -0.2) is 18.1 Å². The maximum absolute atomic E-state index is 5.58. The molecule has 112 valence electrons. The highest BCUT2D eigenvalue weighted by Gasteiger charge is 2.03. The minimum absolute atomic E-state index is 0.449. The maximum atomic E-state index is 5.58. The van der Waals surface area contributed by atoms with Gasteiger partial charge in [0.2, 0.25) is 0 Å². The summed E-state index contributed by atoms with van der Waals surface area (Å²) in [5.74, 6) is 1.46. The summed E-state index contributed by atoms with van der Waals surface area (Å²) in [5, 5.41) is 3.53. The van der Waals surface area contributed by atoms with E-state index in [9.17, 15) is 0 Å². The van der Waals surface area contributed by atoms with Gasteiger partial charge in [0.1, 0.15) is 11.6 Å². The molecule has 1 unspecified atom stereocenters. The summed E-state index contributed by atoms with van der Waals surface area (Å²) < 4.78 is 5.16. The zero-order valence-electron chi connectivity index (χ0n) is 12.7. The lowest BCUT2D eigenvalue weighted by atomic mass is 10.1. The van der Waals surface area contributed by atoms with Crippen molar-refractivity contribution in [3.63, 3.8) is 0 Å². The Hall–Kier alpha value is -2.07. The van der Waals surface area contributed by atoms with Crippen LogP contribution in [0.1, 0.15) is 24.5 Å². The lowest BCUT2D eigenvalue weighted by molar-refractivity contribution is 0.414. The van der Waals surface area contributed by atoms with Gasteiger partial charge in [0, 0.05) is 18.8 Å². The number of pyridine rings is 1. The van der Waals surface area contributed by atoms with Crippen molar-refractivity contribution in [1.82, 2.24) is 10.3 Å². The minimum atomic E-state index is 0.449. The molecule has 0 bridgehead atoms. The van der Waals surface area contributed by atoms with Crippen molar-refractivity contribution in [3.05, 3.63) is 53.7 Å². The number of nitrogens with zero attached hydrogens (tertiary/aromatic N) is 1. The van der Waals surface area contributed by atoms with E-state index in [-0.39, 0.29) is 0 Å². The lowest BCUT2D eigenvalue weighted by Gasteiger charge is -2.14.